The van der Waals surface area contributed by atoms with Crippen molar-refractivity contribution in [3.8, 4) is 0 Å². The number of carboxylic acid groups (broad SMARTS) is 1. The summed E-state index contributed by atoms with van der Waals surface area (Å²) in [5, 5.41) is 31.3. The average Bonchev–Trinajstić information content (AvgIpc) is 3.35. The van der Waals surface area contributed by atoms with E-state index in [2.05, 4.69) is 87.6 Å². The van der Waals surface area contributed by atoms with Crippen LogP contribution in [0.3, 0.4) is 0 Å². The van der Waals surface area contributed by atoms with Gasteiger partial charge in [-0.05, 0) is 77.0 Å². The van der Waals surface area contributed by atoms with Gasteiger partial charge in [-0.25, -0.2) is 4.79 Å². The molecule has 1 saturated heterocycles. The molecule has 0 radical (unpaired) electrons. The summed E-state index contributed by atoms with van der Waals surface area (Å²) in [6, 6.07) is 0. The van der Waals surface area contributed by atoms with Crippen LogP contribution in [0.2, 0.25) is 0 Å². The first kappa shape index (κ1) is 64.9. The van der Waals surface area contributed by atoms with E-state index in [-0.39, 0.29) is 25.9 Å². The van der Waals surface area contributed by atoms with Gasteiger partial charge in [0.25, 0.3) is 0 Å². The molecule has 0 aromatic carbocycles. The van der Waals surface area contributed by atoms with Gasteiger partial charge in [-0.15, -0.1) is 0 Å². The van der Waals surface area contributed by atoms with Crippen LogP contribution >= 0.6 is 0 Å². The number of ether oxygens (including phenoxy) is 5. The molecule has 0 aliphatic carbocycles. The highest BCUT2D eigenvalue weighted by Gasteiger charge is 2.50. The fourth-order valence-electron chi connectivity index (χ4n) is 7.81. The summed E-state index contributed by atoms with van der Waals surface area (Å²) >= 11 is 0. The van der Waals surface area contributed by atoms with Crippen molar-refractivity contribution in [2.24, 2.45) is 0 Å². The molecule has 6 atom stereocenters. The zero-order chi connectivity index (χ0) is 51.8. The van der Waals surface area contributed by atoms with Crippen LogP contribution in [0.15, 0.2) is 85.1 Å². The van der Waals surface area contributed by atoms with Gasteiger partial charge in [-0.2, -0.15) is 0 Å². The van der Waals surface area contributed by atoms with E-state index in [0.717, 1.165) is 77.0 Å². The van der Waals surface area contributed by atoms with Gasteiger partial charge < -0.3 is 39.0 Å². The molecule has 12 heteroatoms. The summed E-state index contributed by atoms with van der Waals surface area (Å²) in [6.07, 6.45) is 47.3. The van der Waals surface area contributed by atoms with Crippen molar-refractivity contribution in [2.75, 3.05) is 13.2 Å². The Hall–Kier alpha value is -4.10. The Morgan fingerprint density at radius 1 is 0.479 bits per heavy atom. The number of unbranched alkanes of at least 4 members (excludes halogenated alkanes) is 17. The zero-order valence-electron chi connectivity index (χ0n) is 44.2. The van der Waals surface area contributed by atoms with Gasteiger partial charge in [0, 0.05) is 19.3 Å². The van der Waals surface area contributed by atoms with Gasteiger partial charge in [-0.3, -0.25) is 14.4 Å². The van der Waals surface area contributed by atoms with Crippen LogP contribution in [-0.2, 0) is 42.9 Å². The van der Waals surface area contributed by atoms with Crippen molar-refractivity contribution in [3.05, 3.63) is 85.1 Å². The number of allylic oxidation sites excluding steroid dienone is 14. The molecule has 404 valence electrons. The largest absolute Gasteiger partial charge is 0.479 e. The van der Waals surface area contributed by atoms with Crippen LogP contribution in [0.4, 0.5) is 0 Å². The Balaban J connectivity index is 2.77. The highest BCUT2D eigenvalue weighted by molar-refractivity contribution is 5.74. The molecule has 0 spiro atoms. The number of carbonyl (C=O) groups excluding carboxylic acids is 3. The summed E-state index contributed by atoms with van der Waals surface area (Å²) in [5.74, 6) is -3.27. The Morgan fingerprint density at radius 2 is 0.915 bits per heavy atom. The maximum absolute atomic E-state index is 13.1. The number of hydrogen-bond acceptors (Lipinski definition) is 11. The lowest BCUT2D eigenvalue weighted by Gasteiger charge is -2.40. The zero-order valence-corrected chi connectivity index (χ0v) is 44.2. The molecular formula is C59H96O12. The molecule has 71 heavy (non-hydrogen) atoms. The first-order valence-corrected chi connectivity index (χ1v) is 27.6. The minimum Gasteiger partial charge on any atom is -0.479 e. The minimum atomic E-state index is -1.93. The van der Waals surface area contributed by atoms with Crippen molar-refractivity contribution >= 4 is 23.9 Å². The van der Waals surface area contributed by atoms with Gasteiger partial charge in [0.05, 0.1) is 6.61 Å². The third kappa shape index (κ3) is 37.3. The fourth-order valence-corrected chi connectivity index (χ4v) is 7.81. The molecular weight excluding hydrogens is 901 g/mol. The normalized spacial score (nSPS) is 19.1. The maximum atomic E-state index is 13.1. The standard InChI is InChI=1S/C59H96O12/c1-4-7-10-13-16-19-22-25-26-29-30-33-36-39-42-45-51(60)67-48-50(69-52(61)46-43-40-37-34-31-27-23-20-17-14-11-8-5-2)49-68-59-57(55(64)54(63)56(71-59)58(65)66)70-53(62)47-44-41-38-35-32-28-24-21-18-15-12-9-6-3/h8-9,11-12,17-18,20-21,27-28,31-32,38,41,50,54-57,59,63-64H,4-7,10,13-16,19,22-26,29-30,33-37,39-40,42-49H2,1-3H3,(H,65,66)/b11-8-,12-9-,20-17-,21-18-,31-27-,32-28-,41-38-. The number of aliphatic carboxylic acids is 1. The van der Waals surface area contributed by atoms with Gasteiger partial charge in [-0.1, -0.05) is 202 Å². The van der Waals surface area contributed by atoms with E-state index < -0.39 is 67.3 Å². The molecule has 1 aliphatic rings. The molecule has 0 bridgehead atoms. The van der Waals surface area contributed by atoms with Crippen molar-refractivity contribution in [3.63, 3.8) is 0 Å². The third-order valence-corrected chi connectivity index (χ3v) is 12.0. The van der Waals surface area contributed by atoms with E-state index >= 15 is 0 Å². The summed E-state index contributed by atoms with van der Waals surface area (Å²) in [6.45, 7) is 5.69. The first-order valence-electron chi connectivity index (χ1n) is 27.6. The lowest BCUT2D eigenvalue weighted by Crippen LogP contribution is -2.61. The molecule has 1 rings (SSSR count). The molecule has 0 aromatic rings. The second-order valence-corrected chi connectivity index (χ2v) is 18.5. The van der Waals surface area contributed by atoms with Gasteiger partial charge in [0.15, 0.2) is 24.6 Å². The van der Waals surface area contributed by atoms with Crippen LogP contribution in [-0.4, -0.2) is 89.2 Å². The molecule has 3 N–H and O–H groups in total. The van der Waals surface area contributed by atoms with Gasteiger partial charge in [0.2, 0.25) is 0 Å². The number of aliphatic hydroxyl groups is 2. The van der Waals surface area contributed by atoms with Crippen LogP contribution < -0.4 is 0 Å². The Bertz CT molecular complexity index is 1560. The van der Waals surface area contributed by atoms with E-state index in [1.54, 1.807) is 0 Å². The van der Waals surface area contributed by atoms with E-state index in [0.29, 0.717) is 25.7 Å². The van der Waals surface area contributed by atoms with E-state index in [1.807, 2.05) is 18.2 Å². The topological polar surface area (TPSA) is 175 Å². The molecule has 1 aliphatic heterocycles. The van der Waals surface area contributed by atoms with E-state index in [4.69, 9.17) is 23.7 Å². The molecule has 12 nitrogen and oxygen atoms in total. The quantitative estimate of drug-likeness (QED) is 0.0228. The number of carboxylic acids is 1. The van der Waals surface area contributed by atoms with Crippen molar-refractivity contribution in [1.29, 1.82) is 0 Å². The van der Waals surface area contributed by atoms with Crippen LogP contribution in [0.25, 0.3) is 0 Å². The van der Waals surface area contributed by atoms with Crippen LogP contribution in [0.1, 0.15) is 213 Å². The molecule has 0 amide bonds. The predicted octanol–water partition coefficient (Wildman–Crippen LogP) is 13.6. The number of carbonyl (C=O) groups is 4. The molecule has 1 heterocycles. The smallest absolute Gasteiger partial charge is 0.335 e. The molecule has 0 saturated carbocycles. The predicted molar refractivity (Wildman–Crippen MR) is 284 cm³/mol. The lowest BCUT2D eigenvalue weighted by atomic mass is 9.98. The summed E-state index contributed by atoms with van der Waals surface area (Å²) in [5.41, 5.74) is 0. The average molecular weight is 997 g/mol. The highest BCUT2D eigenvalue weighted by Crippen LogP contribution is 2.26. The maximum Gasteiger partial charge on any atom is 0.335 e. The number of esters is 3. The Morgan fingerprint density at radius 3 is 1.41 bits per heavy atom. The molecule has 6 unspecified atom stereocenters. The lowest BCUT2D eigenvalue weighted by molar-refractivity contribution is -0.301. The van der Waals surface area contributed by atoms with E-state index in [9.17, 15) is 34.5 Å². The fraction of sp³-hybridized carbons (Fsp3) is 0.695. The van der Waals surface area contributed by atoms with E-state index in [1.165, 1.54) is 70.6 Å². The van der Waals surface area contributed by atoms with Crippen LogP contribution in [0, 0.1) is 0 Å². The summed E-state index contributed by atoms with van der Waals surface area (Å²) in [7, 11) is 0. The Kier molecular flexibility index (Phi) is 42.9. The second-order valence-electron chi connectivity index (χ2n) is 18.5. The second kappa shape index (κ2) is 46.9. The van der Waals surface area contributed by atoms with Crippen molar-refractivity contribution in [2.45, 2.75) is 250 Å². The summed E-state index contributed by atoms with van der Waals surface area (Å²) in [4.78, 5) is 50.9. The number of hydrogen-bond donors (Lipinski definition) is 3. The van der Waals surface area contributed by atoms with Gasteiger partial charge in [0.1, 0.15) is 18.8 Å². The van der Waals surface area contributed by atoms with Crippen molar-refractivity contribution < 1.29 is 58.2 Å². The van der Waals surface area contributed by atoms with Crippen molar-refractivity contribution in [1.82, 2.24) is 0 Å². The third-order valence-electron chi connectivity index (χ3n) is 12.0. The van der Waals surface area contributed by atoms with Crippen LogP contribution in [0.5, 0.6) is 0 Å². The number of rotatable bonds is 45. The minimum absolute atomic E-state index is 0.0665. The monoisotopic (exact) mass is 997 g/mol. The molecule has 1 fully saturated rings. The first-order chi connectivity index (χ1) is 34.6. The number of aliphatic hydroxyl groups excluding tert-OH is 2. The summed E-state index contributed by atoms with van der Waals surface area (Å²) < 4.78 is 28.2. The SMILES string of the molecule is CC/C=C\C/C=C\C/C=C\C/C=C\CCC(=O)OC1C(OCC(COC(=O)CCCCCCCCCCCCCCCCC)OC(=O)CCCCC/C=C\C/C=C\C/C=C\CC)OC(C(=O)O)C(O)C1O. The highest BCUT2D eigenvalue weighted by atomic mass is 16.7. The van der Waals surface area contributed by atoms with Gasteiger partial charge >= 0.3 is 23.9 Å². The Labute approximate surface area is 429 Å². The molecule has 0 aromatic heterocycles.